The number of carbonyl (C=O) groups is 2. The van der Waals surface area contributed by atoms with Gasteiger partial charge in [-0.25, -0.2) is 9.78 Å². The number of nitrogens with one attached hydrogen (secondary N) is 2. The second kappa shape index (κ2) is 8.36. The molecule has 0 radical (unpaired) electrons. The summed E-state index contributed by atoms with van der Waals surface area (Å²) in [5.41, 5.74) is 0.972. The summed E-state index contributed by atoms with van der Waals surface area (Å²) in [5.74, 6) is -0.858. The Morgan fingerprint density at radius 3 is 2.89 bits per heavy atom. The van der Waals surface area contributed by atoms with Crippen molar-refractivity contribution in [3.63, 3.8) is 0 Å². The molecule has 1 heterocycles. The molecule has 0 fully saturated rings. The van der Waals surface area contributed by atoms with E-state index in [1.54, 1.807) is 18.0 Å². The molecule has 1 rings (SSSR count). The van der Waals surface area contributed by atoms with Gasteiger partial charge < -0.3 is 15.7 Å². The second-order valence-corrected chi connectivity index (χ2v) is 4.64. The summed E-state index contributed by atoms with van der Waals surface area (Å²) in [7, 11) is 0. The molecule has 3 N–H and O–H groups in total. The largest absolute Gasteiger partial charge is 0.481 e. The van der Waals surface area contributed by atoms with Gasteiger partial charge in [-0.15, -0.1) is 11.8 Å². The second-order valence-electron chi connectivity index (χ2n) is 3.81. The van der Waals surface area contributed by atoms with Crippen LogP contribution >= 0.6 is 11.8 Å². The number of hydrogen-bond acceptors (Lipinski definition) is 4. The number of urea groups is 1. The molecular formula is C12H17N3O3S. The van der Waals surface area contributed by atoms with Crippen LogP contribution in [0.2, 0.25) is 0 Å². The fourth-order valence-electron chi connectivity index (χ4n) is 1.36. The smallest absolute Gasteiger partial charge is 0.315 e. The standard InChI is InChI=1S/C12H17N3O3S/c1-19-10-7-9(4-6-13-10)8-15-12(18)14-5-2-3-11(16)17/h4,6-7H,2-3,5,8H2,1H3,(H,16,17)(H2,14,15,18). The van der Waals surface area contributed by atoms with Gasteiger partial charge in [0.2, 0.25) is 0 Å². The molecule has 0 bridgehead atoms. The van der Waals surface area contributed by atoms with Crippen LogP contribution < -0.4 is 10.6 Å². The van der Waals surface area contributed by atoms with Crippen molar-refractivity contribution < 1.29 is 14.7 Å². The highest BCUT2D eigenvalue weighted by molar-refractivity contribution is 7.98. The molecular weight excluding hydrogens is 266 g/mol. The molecule has 0 aromatic carbocycles. The first-order chi connectivity index (χ1) is 9.11. The van der Waals surface area contributed by atoms with Gasteiger partial charge in [0.1, 0.15) is 0 Å². The molecule has 2 amide bonds. The number of aliphatic carboxylic acids is 1. The lowest BCUT2D eigenvalue weighted by Gasteiger charge is -2.07. The van der Waals surface area contributed by atoms with Crippen molar-refractivity contribution in [1.82, 2.24) is 15.6 Å². The topological polar surface area (TPSA) is 91.3 Å². The normalized spacial score (nSPS) is 9.95. The van der Waals surface area contributed by atoms with Gasteiger partial charge in [-0.05, 0) is 30.4 Å². The van der Waals surface area contributed by atoms with Crippen LogP contribution in [-0.2, 0) is 11.3 Å². The zero-order valence-electron chi connectivity index (χ0n) is 10.7. The number of carboxylic acid groups (broad SMARTS) is 1. The highest BCUT2D eigenvalue weighted by atomic mass is 32.2. The number of pyridine rings is 1. The lowest BCUT2D eigenvalue weighted by molar-refractivity contribution is -0.137. The molecule has 1 aromatic rings. The molecule has 0 spiro atoms. The van der Waals surface area contributed by atoms with E-state index >= 15 is 0 Å². The molecule has 0 unspecified atom stereocenters. The maximum atomic E-state index is 11.4. The monoisotopic (exact) mass is 283 g/mol. The molecule has 7 heteroatoms. The zero-order chi connectivity index (χ0) is 14.1. The van der Waals surface area contributed by atoms with Crippen molar-refractivity contribution in [2.24, 2.45) is 0 Å². The number of carboxylic acids is 1. The third-order valence-corrected chi connectivity index (χ3v) is 2.96. The summed E-state index contributed by atoms with van der Waals surface area (Å²) < 4.78 is 0. The minimum Gasteiger partial charge on any atom is -0.481 e. The summed E-state index contributed by atoms with van der Waals surface area (Å²) in [6.07, 6.45) is 4.12. The number of amides is 2. The van der Waals surface area contributed by atoms with E-state index in [0.717, 1.165) is 10.6 Å². The van der Waals surface area contributed by atoms with Gasteiger partial charge in [0.05, 0.1) is 5.03 Å². The van der Waals surface area contributed by atoms with E-state index in [2.05, 4.69) is 15.6 Å². The van der Waals surface area contributed by atoms with Gasteiger partial charge in [0.25, 0.3) is 0 Å². The van der Waals surface area contributed by atoms with Crippen LogP contribution in [0.5, 0.6) is 0 Å². The molecule has 0 atom stereocenters. The number of aromatic nitrogens is 1. The summed E-state index contributed by atoms with van der Waals surface area (Å²) in [4.78, 5) is 25.8. The van der Waals surface area contributed by atoms with E-state index in [0.29, 0.717) is 19.5 Å². The lowest BCUT2D eigenvalue weighted by Crippen LogP contribution is -2.35. The van der Waals surface area contributed by atoms with E-state index in [1.807, 2.05) is 18.4 Å². The van der Waals surface area contributed by atoms with E-state index < -0.39 is 5.97 Å². The molecule has 0 aliphatic rings. The van der Waals surface area contributed by atoms with Crippen molar-refractivity contribution in [2.75, 3.05) is 12.8 Å². The molecule has 19 heavy (non-hydrogen) atoms. The molecule has 0 aliphatic heterocycles. The first-order valence-electron chi connectivity index (χ1n) is 5.84. The Balaban J connectivity index is 2.24. The van der Waals surface area contributed by atoms with Gasteiger partial charge in [-0.1, -0.05) is 0 Å². The van der Waals surface area contributed by atoms with E-state index in [9.17, 15) is 9.59 Å². The summed E-state index contributed by atoms with van der Waals surface area (Å²) >= 11 is 1.54. The molecule has 0 saturated carbocycles. The number of hydrogen-bond donors (Lipinski definition) is 3. The van der Waals surface area contributed by atoms with Crippen LogP contribution in [0.3, 0.4) is 0 Å². The molecule has 0 saturated heterocycles. The third kappa shape index (κ3) is 6.66. The molecule has 6 nitrogen and oxygen atoms in total. The SMILES string of the molecule is CSc1cc(CNC(=O)NCCCC(=O)O)ccn1. The van der Waals surface area contributed by atoms with Crippen LogP contribution in [0.1, 0.15) is 18.4 Å². The minimum absolute atomic E-state index is 0.0573. The fourth-order valence-corrected chi connectivity index (χ4v) is 1.79. The van der Waals surface area contributed by atoms with Crippen LogP contribution in [0.25, 0.3) is 0 Å². The molecule has 0 aliphatic carbocycles. The van der Waals surface area contributed by atoms with Crippen molar-refractivity contribution in [3.8, 4) is 0 Å². The minimum atomic E-state index is -0.858. The van der Waals surface area contributed by atoms with Crippen molar-refractivity contribution >= 4 is 23.8 Å². The van der Waals surface area contributed by atoms with Gasteiger partial charge in [0, 0.05) is 25.7 Å². The Hall–Kier alpha value is -1.76. The van der Waals surface area contributed by atoms with Gasteiger partial charge in [-0.2, -0.15) is 0 Å². The summed E-state index contributed by atoms with van der Waals surface area (Å²) in [6.45, 7) is 0.769. The number of rotatable bonds is 7. The van der Waals surface area contributed by atoms with Crippen molar-refractivity contribution in [3.05, 3.63) is 23.9 Å². The maximum Gasteiger partial charge on any atom is 0.315 e. The van der Waals surface area contributed by atoms with Gasteiger partial charge in [-0.3, -0.25) is 4.79 Å². The zero-order valence-corrected chi connectivity index (χ0v) is 11.5. The molecule has 104 valence electrons. The Labute approximate surface area is 116 Å². The van der Waals surface area contributed by atoms with E-state index in [1.165, 1.54) is 0 Å². The Bertz CT molecular complexity index is 440. The average Bonchev–Trinajstić information content (AvgIpc) is 2.41. The van der Waals surface area contributed by atoms with Crippen molar-refractivity contribution in [2.45, 2.75) is 24.4 Å². The quantitative estimate of drug-likeness (QED) is 0.520. The van der Waals surface area contributed by atoms with Crippen LogP contribution in [0, 0.1) is 0 Å². The predicted octanol–water partition coefficient (Wildman–Crippen LogP) is 1.47. The van der Waals surface area contributed by atoms with Crippen LogP contribution in [-0.4, -0.2) is 34.9 Å². The van der Waals surface area contributed by atoms with E-state index in [4.69, 9.17) is 5.11 Å². The maximum absolute atomic E-state index is 11.4. The summed E-state index contributed by atoms with van der Waals surface area (Å²) in [5, 5.41) is 14.7. The number of nitrogens with zero attached hydrogens (tertiary/aromatic N) is 1. The number of carbonyl (C=O) groups excluding carboxylic acids is 1. The Kier molecular flexibility index (Phi) is 6.73. The highest BCUT2D eigenvalue weighted by Crippen LogP contribution is 2.12. The first-order valence-corrected chi connectivity index (χ1v) is 7.06. The third-order valence-electron chi connectivity index (χ3n) is 2.31. The van der Waals surface area contributed by atoms with Gasteiger partial charge >= 0.3 is 12.0 Å². The van der Waals surface area contributed by atoms with E-state index in [-0.39, 0.29) is 12.5 Å². The summed E-state index contributed by atoms with van der Waals surface area (Å²) in [6, 6.07) is 3.45. The first kappa shape index (κ1) is 15.3. The highest BCUT2D eigenvalue weighted by Gasteiger charge is 2.02. The number of thioether (sulfide) groups is 1. The van der Waals surface area contributed by atoms with Gasteiger partial charge in [0.15, 0.2) is 0 Å². The van der Waals surface area contributed by atoms with Crippen LogP contribution in [0.4, 0.5) is 4.79 Å². The Morgan fingerprint density at radius 2 is 2.21 bits per heavy atom. The van der Waals surface area contributed by atoms with Crippen molar-refractivity contribution in [1.29, 1.82) is 0 Å². The average molecular weight is 283 g/mol. The Morgan fingerprint density at radius 1 is 1.42 bits per heavy atom. The fraction of sp³-hybridized carbons (Fsp3) is 0.417. The molecule has 1 aromatic heterocycles. The van der Waals surface area contributed by atoms with Crippen LogP contribution in [0.15, 0.2) is 23.4 Å². The predicted molar refractivity (Wildman–Crippen MR) is 73.1 cm³/mol. The lowest BCUT2D eigenvalue weighted by atomic mass is 10.3.